The number of ether oxygens (including phenoxy) is 1. The van der Waals surface area contributed by atoms with Crippen molar-refractivity contribution in [2.24, 2.45) is 0 Å². The van der Waals surface area contributed by atoms with Crippen LogP contribution in [-0.2, 0) is 6.42 Å². The van der Waals surface area contributed by atoms with Gasteiger partial charge >= 0.3 is 6.03 Å². The van der Waals surface area contributed by atoms with Crippen LogP contribution in [-0.4, -0.2) is 24.8 Å². The molecule has 3 aromatic rings. The minimum Gasteiger partial charge on any atom is -0.497 e. The van der Waals surface area contributed by atoms with Gasteiger partial charge in [0.2, 0.25) is 0 Å². The Labute approximate surface area is 145 Å². The molecule has 128 valence electrons. The van der Waals surface area contributed by atoms with Crippen LogP contribution in [0, 0.1) is 0 Å². The number of methoxy groups -OCH3 is 1. The molecule has 2 aromatic carbocycles. The molecule has 2 N–H and O–H groups in total. The zero-order valence-corrected chi connectivity index (χ0v) is 13.9. The van der Waals surface area contributed by atoms with Crippen LogP contribution >= 0.6 is 0 Å². The number of anilines is 1. The van der Waals surface area contributed by atoms with E-state index in [0.29, 0.717) is 18.1 Å². The Morgan fingerprint density at radius 2 is 1.88 bits per heavy atom. The lowest BCUT2D eigenvalue weighted by Gasteiger charge is -2.06. The number of hydrogen-bond acceptors (Lipinski definition) is 4. The predicted octanol–water partition coefficient (Wildman–Crippen LogP) is 3.71. The zero-order chi connectivity index (χ0) is 17.5. The molecule has 2 amide bonds. The van der Waals surface area contributed by atoms with Crippen LogP contribution in [0.25, 0.3) is 11.3 Å². The molecule has 6 heteroatoms. The summed E-state index contributed by atoms with van der Waals surface area (Å²) in [6.45, 7) is 0.515. The van der Waals surface area contributed by atoms with E-state index >= 15 is 0 Å². The molecule has 0 aliphatic carbocycles. The van der Waals surface area contributed by atoms with Crippen molar-refractivity contribution in [1.82, 2.24) is 10.5 Å². The molecule has 0 saturated heterocycles. The molecule has 0 spiro atoms. The van der Waals surface area contributed by atoms with Gasteiger partial charge in [0.15, 0.2) is 11.6 Å². The number of hydrogen-bond donors (Lipinski definition) is 2. The average molecular weight is 337 g/mol. The van der Waals surface area contributed by atoms with Crippen LogP contribution in [0.3, 0.4) is 0 Å². The maximum atomic E-state index is 11.9. The van der Waals surface area contributed by atoms with Gasteiger partial charge in [-0.25, -0.2) is 4.79 Å². The second-order valence-electron chi connectivity index (χ2n) is 5.42. The van der Waals surface area contributed by atoms with E-state index in [1.54, 1.807) is 13.2 Å². The Bertz CT molecular complexity index is 813. The highest BCUT2D eigenvalue weighted by molar-refractivity contribution is 5.88. The maximum absolute atomic E-state index is 11.9. The second kappa shape index (κ2) is 8.01. The summed E-state index contributed by atoms with van der Waals surface area (Å²) in [6, 6.07) is 18.7. The number of rotatable bonds is 6. The van der Waals surface area contributed by atoms with Crippen molar-refractivity contribution in [2.75, 3.05) is 19.0 Å². The SMILES string of the molecule is COc1ccc(CCNC(=O)Nc2cc(-c3ccccc3)on2)cc1. The second-order valence-corrected chi connectivity index (χ2v) is 5.42. The van der Waals surface area contributed by atoms with Gasteiger partial charge in [-0.05, 0) is 24.1 Å². The lowest BCUT2D eigenvalue weighted by Crippen LogP contribution is -2.30. The van der Waals surface area contributed by atoms with Crippen molar-refractivity contribution in [3.05, 3.63) is 66.2 Å². The Hall–Kier alpha value is -3.28. The third kappa shape index (κ3) is 4.60. The topological polar surface area (TPSA) is 76.4 Å². The fourth-order valence-corrected chi connectivity index (χ4v) is 2.35. The molecule has 0 bridgehead atoms. The number of benzene rings is 2. The molecule has 0 aliphatic rings. The van der Waals surface area contributed by atoms with Crippen LogP contribution in [0.5, 0.6) is 5.75 Å². The standard InChI is InChI=1S/C19H19N3O3/c1-24-16-9-7-14(8-10-16)11-12-20-19(23)21-18-13-17(25-22-18)15-5-3-2-4-6-15/h2-10,13H,11-12H2,1H3,(H2,20,21,22,23). The number of aromatic nitrogens is 1. The van der Waals surface area contributed by atoms with Crippen molar-refractivity contribution in [1.29, 1.82) is 0 Å². The van der Waals surface area contributed by atoms with E-state index in [0.717, 1.165) is 23.3 Å². The highest BCUT2D eigenvalue weighted by atomic mass is 16.5. The van der Waals surface area contributed by atoms with E-state index in [1.165, 1.54) is 0 Å². The van der Waals surface area contributed by atoms with Crippen molar-refractivity contribution in [2.45, 2.75) is 6.42 Å². The third-order valence-electron chi connectivity index (χ3n) is 3.67. The van der Waals surface area contributed by atoms with Crippen molar-refractivity contribution in [3.63, 3.8) is 0 Å². The monoisotopic (exact) mass is 337 g/mol. The normalized spacial score (nSPS) is 10.3. The minimum atomic E-state index is -0.318. The first kappa shape index (κ1) is 16.6. The van der Waals surface area contributed by atoms with Crippen LogP contribution < -0.4 is 15.4 Å². The molecular formula is C19H19N3O3. The zero-order valence-electron chi connectivity index (χ0n) is 13.9. The summed E-state index contributed by atoms with van der Waals surface area (Å²) in [5, 5.41) is 9.31. The van der Waals surface area contributed by atoms with Gasteiger partial charge in [-0.2, -0.15) is 0 Å². The Kier molecular flexibility index (Phi) is 5.31. The van der Waals surface area contributed by atoms with Crippen LogP contribution in [0.2, 0.25) is 0 Å². The first-order valence-electron chi connectivity index (χ1n) is 7.94. The van der Waals surface area contributed by atoms with Crippen molar-refractivity contribution in [3.8, 4) is 17.1 Å². The molecule has 0 saturated carbocycles. The number of urea groups is 1. The molecule has 0 radical (unpaired) electrons. The quantitative estimate of drug-likeness (QED) is 0.719. The van der Waals surface area contributed by atoms with Gasteiger partial charge in [0.1, 0.15) is 5.75 Å². The van der Waals surface area contributed by atoms with Gasteiger partial charge in [-0.15, -0.1) is 0 Å². The van der Waals surface area contributed by atoms with E-state index < -0.39 is 0 Å². The van der Waals surface area contributed by atoms with Crippen molar-refractivity contribution < 1.29 is 14.1 Å². The molecule has 0 unspecified atom stereocenters. The van der Waals surface area contributed by atoms with Gasteiger partial charge in [0.05, 0.1) is 7.11 Å². The summed E-state index contributed by atoms with van der Waals surface area (Å²) in [4.78, 5) is 11.9. The fraction of sp³-hybridized carbons (Fsp3) is 0.158. The summed E-state index contributed by atoms with van der Waals surface area (Å²) in [7, 11) is 1.63. The van der Waals surface area contributed by atoms with E-state index in [-0.39, 0.29) is 6.03 Å². The lowest BCUT2D eigenvalue weighted by molar-refractivity contribution is 0.252. The van der Waals surface area contributed by atoms with E-state index in [1.807, 2.05) is 54.6 Å². The smallest absolute Gasteiger partial charge is 0.320 e. The number of amides is 2. The Morgan fingerprint density at radius 3 is 2.60 bits per heavy atom. The summed E-state index contributed by atoms with van der Waals surface area (Å²) in [5.41, 5.74) is 2.02. The lowest BCUT2D eigenvalue weighted by atomic mass is 10.1. The molecular weight excluding hydrogens is 318 g/mol. The minimum absolute atomic E-state index is 0.318. The predicted molar refractivity (Wildman–Crippen MR) is 95.7 cm³/mol. The Morgan fingerprint density at radius 1 is 1.12 bits per heavy atom. The van der Waals surface area contributed by atoms with E-state index in [9.17, 15) is 4.79 Å². The van der Waals surface area contributed by atoms with Gasteiger partial charge in [-0.1, -0.05) is 47.6 Å². The average Bonchev–Trinajstić information content (AvgIpc) is 3.11. The van der Waals surface area contributed by atoms with E-state index in [4.69, 9.17) is 9.26 Å². The largest absolute Gasteiger partial charge is 0.497 e. The van der Waals surface area contributed by atoms with Gasteiger partial charge in [0.25, 0.3) is 0 Å². The summed E-state index contributed by atoms with van der Waals surface area (Å²) in [5.74, 6) is 1.80. The molecule has 1 aromatic heterocycles. The summed E-state index contributed by atoms with van der Waals surface area (Å²) < 4.78 is 10.4. The number of nitrogens with one attached hydrogen (secondary N) is 2. The molecule has 1 heterocycles. The van der Waals surface area contributed by atoms with Crippen LogP contribution in [0.4, 0.5) is 10.6 Å². The molecule has 0 aliphatic heterocycles. The fourth-order valence-electron chi connectivity index (χ4n) is 2.35. The Balaban J connectivity index is 1.47. The molecule has 3 rings (SSSR count). The van der Waals surface area contributed by atoms with Crippen LogP contribution in [0.15, 0.2) is 65.2 Å². The summed E-state index contributed by atoms with van der Waals surface area (Å²) in [6.07, 6.45) is 0.728. The first-order chi connectivity index (χ1) is 12.2. The third-order valence-corrected chi connectivity index (χ3v) is 3.67. The molecule has 25 heavy (non-hydrogen) atoms. The van der Waals surface area contributed by atoms with Gasteiger partial charge in [0, 0.05) is 18.2 Å². The molecule has 0 fully saturated rings. The van der Waals surface area contributed by atoms with Gasteiger partial charge < -0.3 is 14.6 Å². The van der Waals surface area contributed by atoms with Crippen LogP contribution in [0.1, 0.15) is 5.56 Å². The molecule has 0 atom stereocenters. The summed E-state index contributed by atoms with van der Waals surface area (Å²) >= 11 is 0. The van der Waals surface area contributed by atoms with Gasteiger partial charge in [-0.3, -0.25) is 5.32 Å². The van der Waals surface area contributed by atoms with Crippen molar-refractivity contribution >= 4 is 11.8 Å². The maximum Gasteiger partial charge on any atom is 0.320 e. The number of nitrogens with zero attached hydrogens (tertiary/aromatic N) is 1. The number of carbonyl (C=O) groups excluding carboxylic acids is 1. The number of carbonyl (C=O) groups is 1. The first-order valence-corrected chi connectivity index (χ1v) is 7.94. The van der Waals surface area contributed by atoms with E-state index in [2.05, 4.69) is 15.8 Å². The highest BCUT2D eigenvalue weighted by Gasteiger charge is 2.09. The highest BCUT2D eigenvalue weighted by Crippen LogP contribution is 2.21. The molecule has 6 nitrogen and oxygen atoms in total.